The van der Waals surface area contributed by atoms with Crippen LogP contribution < -0.4 is 0 Å². The maximum atomic E-state index is 12.5. The molecule has 2 aliphatic rings. The van der Waals surface area contributed by atoms with E-state index in [1.807, 2.05) is 0 Å². The first kappa shape index (κ1) is 26.1. The van der Waals surface area contributed by atoms with Gasteiger partial charge in [0, 0.05) is 24.6 Å². The smallest absolute Gasteiger partial charge is 0.400 e. The summed E-state index contributed by atoms with van der Waals surface area (Å²) in [6.45, 7) is 6.21. The van der Waals surface area contributed by atoms with E-state index in [1.54, 1.807) is 0 Å². The predicted molar refractivity (Wildman–Crippen MR) is 122 cm³/mol. The lowest BCUT2D eigenvalue weighted by molar-refractivity contribution is -0.137. The normalized spacial score (nSPS) is 21.0. The van der Waals surface area contributed by atoms with Crippen LogP contribution in [0.2, 0.25) is 0 Å². The largest absolute Gasteiger partial charge is 0.416 e. The molecule has 2 aromatic rings. The Morgan fingerprint density at radius 2 is 1.72 bits per heavy atom. The Kier molecular flexibility index (Phi) is 9.05. The summed E-state index contributed by atoms with van der Waals surface area (Å²) in [4.78, 5) is 13.7. The number of likely N-dealkylation sites (tertiary alicyclic amines) is 1. The van der Waals surface area contributed by atoms with Crippen LogP contribution in [0.15, 0.2) is 48.5 Å². The van der Waals surface area contributed by atoms with E-state index >= 15 is 0 Å². The molecule has 4 rings (SSSR count). The number of likely N-dealkylation sites (N-methyl/N-ethyl adjacent to an activating group) is 1. The average molecular weight is 450 g/mol. The van der Waals surface area contributed by atoms with E-state index in [4.69, 9.17) is 5.11 Å². The third-order valence-corrected chi connectivity index (χ3v) is 6.13. The number of carbonyl (C=O) groups is 1. The van der Waals surface area contributed by atoms with Crippen molar-refractivity contribution in [2.45, 2.75) is 57.0 Å². The van der Waals surface area contributed by atoms with Crippen LogP contribution in [0, 0.1) is 0 Å². The molecular weight excluding hydrogens is 415 g/mol. The molecule has 176 valence electrons. The molecule has 0 spiro atoms. The minimum Gasteiger partial charge on any atom is -0.400 e. The summed E-state index contributed by atoms with van der Waals surface area (Å²) in [6, 6.07) is 14.3. The average Bonchev–Trinajstić information content (AvgIpc) is 3.60. The molecule has 1 N–H and O–H groups in total. The quantitative estimate of drug-likeness (QED) is 0.579. The van der Waals surface area contributed by atoms with Gasteiger partial charge in [-0.15, -0.1) is 0 Å². The topological polar surface area (TPSA) is 40.5 Å². The molecule has 1 saturated heterocycles. The Bertz CT molecular complexity index is 878. The number of halogens is 3. The summed E-state index contributed by atoms with van der Waals surface area (Å²) < 4.78 is 37.5. The number of aliphatic hydroxyl groups excluding tert-OH is 1. The van der Waals surface area contributed by atoms with Gasteiger partial charge in [-0.1, -0.05) is 43.3 Å². The van der Waals surface area contributed by atoms with Crippen LogP contribution in [0.3, 0.4) is 0 Å². The van der Waals surface area contributed by atoms with Crippen molar-refractivity contribution in [3.05, 3.63) is 70.8 Å². The number of rotatable bonds is 3. The minimum atomic E-state index is -4.33. The van der Waals surface area contributed by atoms with E-state index in [9.17, 15) is 18.0 Å². The van der Waals surface area contributed by atoms with Gasteiger partial charge in [0.15, 0.2) is 5.78 Å². The number of nitrogens with zero attached hydrogens (tertiary/aromatic N) is 1. The lowest BCUT2D eigenvalue weighted by Crippen LogP contribution is -2.42. The number of hydrogen-bond acceptors (Lipinski definition) is 3. The van der Waals surface area contributed by atoms with E-state index in [0.717, 1.165) is 32.1 Å². The Balaban J connectivity index is 0.000000212. The fraction of sp³-hybridized carbons (Fsp3) is 0.500. The van der Waals surface area contributed by atoms with E-state index in [-0.39, 0.29) is 11.7 Å². The molecule has 1 saturated carbocycles. The molecule has 0 amide bonds. The minimum absolute atomic E-state index is 0.140. The number of Topliss-reactive ketones (excluding diaryl/α,β-unsaturated/α-hetero) is 1. The van der Waals surface area contributed by atoms with Crippen molar-refractivity contribution in [1.82, 2.24) is 4.90 Å². The monoisotopic (exact) mass is 449 g/mol. The lowest BCUT2D eigenvalue weighted by Gasteiger charge is -2.39. The van der Waals surface area contributed by atoms with Crippen molar-refractivity contribution in [3.63, 3.8) is 0 Å². The molecule has 3 nitrogen and oxygen atoms in total. The Hall–Kier alpha value is -2.18. The number of hydrogen-bond donors (Lipinski definition) is 1. The van der Waals surface area contributed by atoms with E-state index in [1.165, 1.54) is 44.5 Å². The second-order valence-electron chi connectivity index (χ2n) is 8.90. The molecule has 0 bridgehead atoms. The maximum absolute atomic E-state index is 12.5. The molecule has 1 aliphatic carbocycles. The highest BCUT2D eigenvalue weighted by atomic mass is 19.4. The van der Waals surface area contributed by atoms with Crippen molar-refractivity contribution >= 4 is 5.78 Å². The first-order valence-corrected chi connectivity index (χ1v) is 11.0. The van der Waals surface area contributed by atoms with Gasteiger partial charge in [-0.05, 0) is 75.4 Å². The van der Waals surface area contributed by atoms with Crippen molar-refractivity contribution < 1.29 is 23.1 Å². The number of aliphatic hydroxyl groups is 1. The molecule has 0 radical (unpaired) electrons. The molecule has 0 unspecified atom stereocenters. The van der Waals surface area contributed by atoms with Crippen molar-refractivity contribution in [1.29, 1.82) is 0 Å². The number of carbonyl (C=O) groups excluding carboxylic acids is 1. The molecule has 1 heterocycles. The van der Waals surface area contributed by atoms with Crippen molar-refractivity contribution in [3.8, 4) is 0 Å². The highest BCUT2D eigenvalue weighted by Gasteiger charge is 2.34. The molecule has 32 heavy (non-hydrogen) atoms. The molecule has 1 aliphatic heterocycles. The SMILES string of the molecule is CC(=O)c1ccc(C(F)(F)F)cc1C1CC1.CN1CCC[C@@](C)(c2ccccc2)C1.CO. The Labute approximate surface area is 189 Å². The molecule has 6 heteroatoms. The first-order chi connectivity index (χ1) is 15.1. The summed E-state index contributed by atoms with van der Waals surface area (Å²) in [5.41, 5.74) is 2.18. The van der Waals surface area contributed by atoms with Gasteiger partial charge >= 0.3 is 6.18 Å². The second kappa shape index (κ2) is 11.1. The van der Waals surface area contributed by atoms with Crippen LogP contribution >= 0.6 is 0 Å². The number of alkyl halides is 3. The molecule has 2 aromatic carbocycles. The summed E-state index contributed by atoms with van der Waals surface area (Å²) in [6.07, 6.45) is 0.0609. The van der Waals surface area contributed by atoms with Crippen LogP contribution in [0.25, 0.3) is 0 Å². The Morgan fingerprint density at radius 3 is 2.22 bits per heavy atom. The van der Waals surface area contributed by atoms with E-state index in [0.29, 0.717) is 16.5 Å². The number of ketones is 1. The fourth-order valence-electron chi connectivity index (χ4n) is 4.36. The second-order valence-corrected chi connectivity index (χ2v) is 8.90. The number of benzene rings is 2. The van der Waals surface area contributed by atoms with Gasteiger partial charge in [0.1, 0.15) is 0 Å². The lowest BCUT2D eigenvalue weighted by atomic mass is 9.76. The van der Waals surface area contributed by atoms with Gasteiger partial charge in [-0.25, -0.2) is 0 Å². The Morgan fingerprint density at radius 1 is 1.09 bits per heavy atom. The van der Waals surface area contributed by atoms with Crippen LogP contribution in [0.5, 0.6) is 0 Å². The fourth-order valence-corrected chi connectivity index (χ4v) is 4.36. The van der Waals surface area contributed by atoms with E-state index in [2.05, 4.69) is 49.2 Å². The van der Waals surface area contributed by atoms with Crippen molar-refractivity contribution in [2.24, 2.45) is 0 Å². The zero-order valence-corrected chi connectivity index (χ0v) is 19.4. The van der Waals surface area contributed by atoms with Crippen LogP contribution in [0.4, 0.5) is 13.2 Å². The zero-order chi connectivity index (χ0) is 23.9. The summed E-state index contributed by atoms with van der Waals surface area (Å²) in [5, 5.41) is 7.00. The van der Waals surface area contributed by atoms with Crippen LogP contribution in [0.1, 0.15) is 72.5 Å². The van der Waals surface area contributed by atoms with Crippen LogP contribution in [-0.2, 0) is 11.6 Å². The molecule has 0 aromatic heterocycles. The summed E-state index contributed by atoms with van der Waals surface area (Å²) >= 11 is 0. The van der Waals surface area contributed by atoms with Gasteiger partial charge in [0.2, 0.25) is 0 Å². The highest BCUT2D eigenvalue weighted by Crippen LogP contribution is 2.43. The van der Waals surface area contributed by atoms with Gasteiger partial charge in [0.25, 0.3) is 0 Å². The number of piperidine rings is 1. The van der Waals surface area contributed by atoms with E-state index < -0.39 is 11.7 Å². The van der Waals surface area contributed by atoms with Gasteiger partial charge in [0.05, 0.1) is 5.56 Å². The predicted octanol–water partition coefficient (Wildman–Crippen LogP) is 6.06. The molecule has 1 atom stereocenters. The molecular formula is C26H34F3NO2. The zero-order valence-electron chi connectivity index (χ0n) is 19.4. The van der Waals surface area contributed by atoms with Gasteiger partial charge in [-0.2, -0.15) is 13.2 Å². The van der Waals surface area contributed by atoms with Crippen LogP contribution in [-0.4, -0.2) is 43.0 Å². The first-order valence-electron chi connectivity index (χ1n) is 11.0. The molecule has 2 fully saturated rings. The van der Waals surface area contributed by atoms with Gasteiger partial charge < -0.3 is 10.0 Å². The summed E-state index contributed by atoms with van der Waals surface area (Å²) in [5.74, 6) is -0.0307. The summed E-state index contributed by atoms with van der Waals surface area (Å²) in [7, 11) is 3.22. The highest BCUT2D eigenvalue weighted by molar-refractivity contribution is 5.96. The maximum Gasteiger partial charge on any atom is 0.416 e. The standard InChI is InChI=1S/C13H19N.C12H11F3O.CH4O/c1-13(9-6-10-14(2)11-13)12-7-4-3-5-8-12;1-7(16)10-5-4-9(12(13,14)15)6-11(10)8-2-3-8;1-2/h3-5,7-8H,6,9-11H2,1-2H3;4-6,8H,2-3H2,1H3;2H,1H3/t13-;;/m1../s1. The van der Waals surface area contributed by atoms with Crippen molar-refractivity contribution in [2.75, 3.05) is 27.2 Å². The van der Waals surface area contributed by atoms with Gasteiger partial charge in [-0.3, -0.25) is 4.79 Å². The third-order valence-electron chi connectivity index (χ3n) is 6.13. The third kappa shape index (κ3) is 6.91.